The molecular formula is C22H39NO4. The van der Waals surface area contributed by atoms with Gasteiger partial charge in [0.2, 0.25) is 5.91 Å². The molecule has 0 spiro atoms. The second-order valence-electron chi connectivity index (χ2n) is 6.81. The summed E-state index contributed by atoms with van der Waals surface area (Å²) >= 11 is 0. The zero-order valence-corrected chi connectivity index (χ0v) is 17.3. The Balaban J connectivity index is 3.50. The van der Waals surface area contributed by atoms with Crippen LogP contribution in [0, 0.1) is 0 Å². The number of hydrogen-bond acceptors (Lipinski definition) is 4. The lowest BCUT2D eigenvalue weighted by atomic mass is 10.1. The molecule has 0 unspecified atom stereocenters. The number of carbonyl (C=O) groups excluding carboxylic acids is 2. The molecule has 27 heavy (non-hydrogen) atoms. The number of rotatable bonds is 17. The van der Waals surface area contributed by atoms with E-state index in [0.717, 1.165) is 32.1 Å². The van der Waals surface area contributed by atoms with Gasteiger partial charge in [-0.2, -0.15) is 0 Å². The molecule has 0 aromatic rings. The van der Waals surface area contributed by atoms with Gasteiger partial charge in [-0.05, 0) is 38.5 Å². The van der Waals surface area contributed by atoms with Crippen LogP contribution < -0.4 is 5.32 Å². The topological polar surface area (TPSA) is 75.6 Å². The Morgan fingerprint density at radius 2 is 1.52 bits per heavy atom. The van der Waals surface area contributed by atoms with Crippen LogP contribution in [0.3, 0.4) is 0 Å². The van der Waals surface area contributed by atoms with Gasteiger partial charge in [0.05, 0.1) is 13.7 Å². The summed E-state index contributed by atoms with van der Waals surface area (Å²) in [4.78, 5) is 23.0. The van der Waals surface area contributed by atoms with Crippen LogP contribution >= 0.6 is 0 Å². The first-order valence-corrected chi connectivity index (χ1v) is 10.4. The molecule has 0 rings (SSSR count). The van der Waals surface area contributed by atoms with Gasteiger partial charge >= 0.3 is 5.97 Å². The summed E-state index contributed by atoms with van der Waals surface area (Å²) in [5.74, 6) is -0.837. The molecule has 0 saturated carbocycles. The smallest absolute Gasteiger partial charge is 0.330 e. The maximum Gasteiger partial charge on any atom is 0.330 e. The summed E-state index contributed by atoms with van der Waals surface area (Å²) in [6, 6.07) is -0.958. The molecule has 0 aromatic heterocycles. The van der Waals surface area contributed by atoms with Crippen LogP contribution in [-0.2, 0) is 14.3 Å². The Bertz CT molecular complexity index is 432. The van der Waals surface area contributed by atoms with Crippen molar-refractivity contribution >= 4 is 11.9 Å². The van der Waals surface area contributed by atoms with Crippen molar-refractivity contribution in [2.45, 2.75) is 90.0 Å². The lowest BCUT2D eigenvalue weighted by Gasteiger charge is -2.13. The molecule has 0 aliphatic carbocycles. The fraction of sp³-hybridized carbons (Fsp3) is 0.727. The van der Waals surface area contributed by atoms with Crippen molar-refractivity contribution in [2.75, 3.05) is 13.7 Å². The summed E-state index contributed by atoms with van der Waals surface area (Å²) in [6.07, 6.45) is 21.9. The van der Waals surface area contributed by atoms with E-state index < -0.39 is 18.6 Å². The highest BCUT2D eigenvalue weighted by molar-refractivity contribution is 5.84. The van der Waals surface area contributed by atoms with Gasteiger partial charge in [0.15, 0.2) is 6.04 Å². The van der Waals surface area contributed by atoms with Crippen LogP contribution in [0.25, 0.3) is 0 Å². The van der Waals surface area contributed by atoms with Crippen molar-refractivity contribution in [3.8, 4) is 0 Å². The minimum absolute atomic E-state index is 0.217. The number of methoxy groups -OCH3 is 1. The first-order chi connectivity index (χ1) is 13.2. The first-order valence-electron chi connectivity index (χ1n) is 10.4. The van der Waals surface area contributed by atoms with Crippen molar-refractivity contribution in [1.29, 1.82) is 0 Å². The van der Waals surface area contributed by atoms with Gasteiger partial charge in [0.25, 0.3) is 0 Å². The van der Waals surface area contributed by atoms with Crippen LogP contribution in [0.5, 0.6) is 0 Å². The van der Waals surface area contributed by atoms with Crippen LogP contribution in [0.1, 0.15) is 84.0 Å². The molecule has 0 heterocycles. The number of esters is 1. The summed E-state index contributed by atoms with van der Waals surface area (Å²) in [6.45, 7) is 1.78. The van der Waals surface area contributed by atoms with Gasteiger partial charge in [0.1, 0.15) is 0 Å². The summed E-state index contributed by atoms with van der Waals surface area (Å²) in [7, 11) is 1.23. The highest BCUT2D eigenvalue weighted by atomic mass is 16.5. The van der Waals surface area contributed by atoms with Gasteiger partial charge in [0, 0.05) is 6.42 Å². The molecule has 0 bridgehead atoms. The Kier molecular flexibility index (Phi) is 18.0. The number of hydrogen-bond donors (Lipinski definition) is 2. The van der Waals surface area contributed by atoms with Crippen LogP contribution in [0.2, 0.25) is 0 Å². The minimum atomic E-state index is -0.958. The lowest BCUT2D eigenvalue weighted by Crippen LogP contribution is -2.43. The number of aliphatic hydroxyl groups is 1. The van der Waals surface area contributed by atoms with E-state index in [1.165, 1.54) is 45.6 Å². The number of allylic oxidation sites excluding steroid dienone is 4. The van der Waals surface area contributed by atoms with Gasteiger partial charge in [-0.25, -0.2) is 4.79 Å². The van der Waals surface area contributed by atoms with E-state index in [9.17, 15) is 9.59 Å². The molecule has 0 aromatic carbocycles. The molecule has 0 fully saturated rings. The second-order valence-corrected chi connectivity index (χ2v) is 6.81. The van der Waals surface area contributed by atoms with E-state index >= 15 is 0 Å². The van der Waals surface area contributed by atoms with E-state index in [-0.39, 0.29) is 5.91 Å². The molecule has 2 N–H and O–H groups in total. The number of carbonyl (C=O) groups is 2. The zero-order chi connectivity index (χ0) is 20.2. The molecule has 1 amide bonds. The van der Waals surface area contributed by atoms with Crippen LogP contribution in [-0.4, -0.2) is 36.7 Å². The number of nitrogens with one attached hydrogen (secondary N) is 1. The number of unbranched alkanes of at least 4 members (excludes halogenated alkanes) is 8. The van der Waals surface area contributed by atoms with Crippen LogP contribution in [0.4, 0.5) is 0 Å². The maximum absolute atomic E-state index is 11.7. The van der Waals surface area contributed by atoms with E-state index in [4.69, 9.17) is 5.11 Å². The number of amides is 1. The average molecular weight is 382 g/mol. The molecule has 0 saturated heterocycles. The third-order valence-corrected chi connectivity index (χ3v) is 4.36. The molecule has 1 atom stereocenters. The zero-order valence-electron chi connectivity index (χ0n) is 17.3. The van der Waals surface area contributed by atoms with Gasteiger partial charge < -0.3 is 15.2 Å². The SMILES string of the molecule is CCCCC/C=C\C/C=C\CCCCCCCC(=O)N[C@@H](CO)C(=O)OC. The Morgan fingerprint density at radius 3 is 2.11 bits per heavy atom. The van der Waals surface area contributed by atoms with Crippen molar-refractivity contribution in [3.05, 3.63) is 24.3 Å². The van der Waals surface area contributed by atoms with Crippen LogP contribution in [0.15, 0.2) is 24.3 Å². The predicted octanol–water partition coefficient (Wildman–Crippen LogP) is 4.45. The maximum atomic E-state index is 11.7. The predicted molar refractivity (Wildman–Crippen MR) is 110 cm³/mol. The largest absolute Gasteiger partial charge is 0.467 e. The normalized spacial score (nSPS) is 12.6. The molecule has 0 radical (unpaired) electrons. The van der Waals surface area contributed by atoms with E-state index in [1.807, 2.05) is 0 Å². The quantitative estimate of drug-likeness (QED) is 0.222. The average Bonchev–Trinajstić information content (AvgIpc) is 2.68. The fourth-order valence-corrected chi connectivity index (χ4v) is 2.68. The third-order valence-electron chi connectivity index (χ3n) is 4.36. The summed E-state index contributed by atoms with van der Waals surface area (Å²) in [5, 5.41) is 11.5. The summed E-state index contributed by atoms with van der Waals surface area (Å²) < 4.78 is 4.51. The molecule has 0 aliphatic rings. The van der Waals surface area contributed by atoms with Gasteiger partial charge in [-0.1, -0.05) is 63.3 Å². The molecule has 5 heteroatoms. The third kappa shape index (κ3) is 16.3. The molecular weight excluding hydrogens is 342 g/mol. The Hall–Kier alpha value is -1.62. The number of ether oxygens (including phenoxy) is 1. The van der Waals surface area contributed by atoms with Crippen molar-refractivity contribution in [3.63, 3.8) is 0 Å². The second kappa shape index (κ2) is 19.2. The summed E-state index contributed by atoms with van der Waals surface area (Å²) in [5.41, 5.74) is 0. The minimum Gasteiger partial charge on any atom is -0.467 e. The molecule has 5 nitrogen and oxygen atoms in total. The monoisotopic (exact) mass is 381 g/mol. The van der Waals surface area contributed by atoms with Gasteiger partial charge in [-0.15, -0.1) is 0 Å². The van der Waals surface area contributed by atoms with Crippen molar-refractivity contribution in [2.24, 2.45) is 0 Å². The van der Waals surface area contributed by atoms with E-state index in [1.54, 1.807) is 0 Å². The van der Waals surface area contributed by atoms with Crippen molar-refractivity contribution in [1.82, 2.24) is 5.32 Å². The van der Waals surface area contributed by atoms with Crippen molar-refractivity contribution < 1.29 is 19.4 Å². The highest BCUT2D eigenvalue weighted by Gasteiger charge is 2.19. The lowest BCUT2D eigenvalue weighted by molar-refractivity contribution is -0.146. The fourth-order valence-electron chi connectivity index (χ4n) is 2.68. The molecule has 156 valence electrons. The van der Waals surface area contributed by atoms with E-state index in [0.29, 0.717) is 6.42 Å². The Labute approximate surface area is 165 Å². The van der Waals surface area contributed by atoms with E-state index in [2.05, 4.69) is 41.3 Å². The number of aliphatic hydroxyl groups excluding tert-OH is 1. The van der Waals surface area contributed by atoms with Gasteiger partial charge in [-0.3, -0.25) is 4.79 Å². The molecule has 0 aliphatic heterocycles. The Morgan fingerprint density at radius 1 is 0.926 bits per heavy atom. The first kappa shape index (κ1) is 25.4. The highest BCUT2D eigenvalue weighted by Crippen LogP contribution is 2.08. The standard InChI is InChI=1S/C22H39NO4/c1-3-4-5-6-7-8-9-10-11-12-13-14-15-16-17-18-21(25)23-20(19-24)22(26)27-2/h7-8,10-11,20,24H,3-6,9,12-19H2,1-2H3,(H,23,25)/b8-7-,11-10-/t20-/m0/s1.